The smallest absolute Gasteiger partial charge is 0.289 e. The highest BCUT2D eigenvalue weighted by atomic mass is 79.9. The minimum Gasteiger partial charge on any atom is -1.00 e. The lowest BCUT2D eigenvalue weighted by Crippen LogP contribution is -3.00. The average Bonchev–Trinajstić information content (AvgIpc) is 2.76. The van der Waals surface area contributed by atoms with E-state index in [0.29, 0.717) is 0 Å². The molecule has 0 saturated carbocycles. The number of amides is 1. The van der Waals surface area contributed by atoms with Crippen LogP contribution in [0.1, 0.15) is 16.6 Å². The van der Waals surface area contributed by atoms with Gasteiger partial charge in [-0.1, -0.05) is 5.11 Å². The minimum atomic E-state index is -1.14. The molecule has 2 heterocycles. The minimum absolute atomic E-state index is 0. The van der Waals surface area contributed by atoms with E-state index in [9.17, 15) is 15.0 Å². The van der Waals surface area contributed by atoms with Crippen molar-refractivity contribution < 1.29 is 41.3 Å². The van der Waals surface area contributed by atoms with Gasteiger partial charge in [-0.05, 0) is 11.6 Å². The Morgan fingerprint density at radius 1 is 1.62 bits per heavy atom. The van der Waals surface area contributed by atoms with Gasteiger partial charge in [-0.25, -0.2) is 0 Å². The molecule has 0 unspecified atom stereocenters. The Labute approximate surface area is 130 Å². The first-order valence-corrected chi connectivity index (χ1v) is 5.87. The van der Waals surface area contributed by atoms with Crippen LogP contribution in [0.15, 0.2) is 29.6 Å². The zero-order chi connectivity index (χ0) is 14.7. The molecule has 1 amide bonds. The van der Waals surface area contributed by atoms with Crippen LogP contribution in [0, 0.1) is 0 Å². The van der Waals surface area contributed by atoms with Gasteiger partial charge in [0.2, 0.25) is 0 Å². The molecule has 2 rings (SSSR count). The molecule has 10 heteroatoms. The number of nitrogens with zero attached hydrogens (tertiary/aromatic N) is 4. The lowest BCUT2D eigenvalue weighted by molar-refractivity contribution is -0.765. The highest BCUT2D eigenvalue weighted by Crippen LogP contribution is 2.27. The van der Waals surface area contributed by atoms with Crippen LogP contribution in [0.4, 0.5) is 0 Å². The Morgan fingerprint density at radius 3 is 2.90 bits per heavy atom. The van der Waals surface area contributed by atoms with Crippen molar-refractivity contribution in [3.05, 3.63) is 40.5 Å². The summed E-state index contributed by atoms with van der Waals surface area (Å²) in [6, 6.07) is 2.19. The lowest BCUT2D eigenvalue weighted by atomic mass is 10.1. The van der Waals surface area contributed by atoms with Crippen LogP contribution in [0.25, 0.3) is 10.4 Å². The number of azide groups is 1. The summed E-state index contributed by atoms with van der Waals surface area (Å²) in [7, 11) is 0. The highest BCUT2D eigenvalue weighted by molar-refractivity contribution is 5.92. The summed E-state index contributed by atoms with van der Waals surface area (Å²) in [5, 5.41) is 22.7. The number of ether oxygens (including phenoxy) is 1. The number of carbonyl (C=O) groups is 1. The Balaban J connectivity index is 0.00000220. The van der Waals surface area contributed by atoms with Gasteiger partial charge in [0.15, 0.2) is 18.5 Å². The molecule has 1 fully saturated rings. The number of halogens is 1. The number of hydrogen-bond donors (Lipinski definition) is 3. The van der Waals surface area contributed by atoms with E-state index in [0.717, 1.165) is 0 Å². The molecule has 21 heavy (non-hydrogen) atoms. The number of hydrogen-bond acceptors (Lipinski definition) is 5. The van der Waals surface area contributed by atoms with E-state index in [1.165, 1.54) is 16.8 Å². The van der Waals surface area contributed by atoms with Crippen molar-refractivity contribution in [1.29, 1.82) is 0 Å². The van der Waals surface area contributed by atoms with E-state index in [4.69, 9.17) is 16.0 Å². The molecule has 9 nitrogen and oxygen atoms in total. The Morgan fingerprint density at radius 2 is 2.33 bits per heavy atom. The highest BCUT2D eigenvalue weighted by Gasteiger charge is 2.48. The Hall–Kier alpha value is -1.71. The second-order valence-electron chi connectivity index (χ2n) is 4.34. The third-order valence-electron chi connectivity index (χ3n) is 3.10. The summed E-state index contributed by atoms with van der Waals surface area (Å²) in [6.45, 7) is -0.396. The number of aliphatic hydroxyl groups excluding tert-OH is 2. The molecule has 0 spiro atoms. The number of primary amides is 1. The summed E-state index contributed by atoms with van der Waals surface area (Å²) in [6.07, 6.45) is 0.171. The Bertz CT molecular complexity index is 565. The Kier molecular flexibility index (Phi) is 6.06. The number of rotatable bonds is 4. The molecule has 0 aromatic carbocycles. The van der Waals surface area contributed by atoms with Gasteiger partial charge in [0, 0.05) is 11.0 Å². The van der Waals surface area contributed by atoms with Gasteiger partial charge in [-0.15, -0.1) is 0 Å². The number of pyridine rings is 1. The van der Waals surface area contributed by atoms with Gasteiger partial charge < -0.3 is 37.7 Å². The van der Waals surface area contributed by atoms with Gasteiger partial charge in [-0.2, -0.15) is 4.57 Å². The van der Waals surface area contributed by atoms with Crippen LogP contribution < -0.4 is 27.3 Å². The summed E-state index contributed by atoms with van der Waals surface area (Å²) in [5.41, 5.74) is 13.9. The van der Waals surface area contributed by atoms with Crippen molar-refractivity contribution in [3.8, 4) is 0 Å². The van der Waals surface area contributed by atoms with Crippen molar-refractivity contribution in [3.63, 3.8) is 0 Å². The fourth-order valence-corrected chi connectivity index (χ4v) is 2.13. The zero-order valence-corrected chi connectivity index (χ0v) is 12.4. The molecule has 1 saturated heterocycles. The van der Waals surface area contributed by atoms with Crippen molar-refractivity contribution in [2.75, 3.05) is 6.61 Å². The molecule has 1 aliphatic rings. The standard InChI is InChI=1S/C11H13N5O4.BrH/c12-10(19)6-2-1-3-16(4-6)11-9(18)8(14-15-13)7(5-17)20-11;/h1-4,7-9,11,17-18H,5H2,(H-,12,19);1H/t7-,8-,9-,11-;/m1./s1. The predicted molar refractivity (Wildman–Crippen MR) is 65.1 cm³/mol. The van der Waals surface area contributed by atoms with E-state index in [1.54, 1.807) is 12.3 Å². The number of nitrogens with two attached hydrogens (primary N) is 1. The van der Waals surface area contributed by atoms with Gasteiger partial charge in [-0.3, -0.25) is 4.79 Å². The molecule has 1 aromatic heterocycles. The largest absolute Gasteiger partial charge is 1.00 e. The van der Waals surface area contributed by atoms with Gasteiger partial charge >= 0.3 is 0 Å². The second kappa shape index (κ2) is 7.34. The predicted octanol–water partition coefficient (Wildman–Crippen LogP) is -3.99. The van der Waals surface area contributed by atoms with Crippen LogP contribution in [0.5, 0.6) is 0 Å². The summed E-state index contributed by atoms with van der Waals surface area (Å²) < 4.78 is 6.90. The fourth-order valence-electron chi connectivity index (χ4n) is 2.13. The maximum atomic E-state index is 11.1. The van der Waals surface area contributed by atoms with Crippen LogP contribution in [-0.2, 0) is 4.74 Å². The first-order chi connectivity index (χ1) is 9.58. The van der Waals surface area contributed by atoms with Crippen LogP contribution in [0.2, 0.25) is 0 Å². The second-order valence-corrected chi connectivity index (χ2v) is 4.34. The van der Waals surface area contributed by atoms with Crippen molar-refractivity contribution in [2.24, 2.45) is 10.8 Å². The molecule has 4 N–H and O–H groups in total. The molecular formula is C11H14BrN5O4. The van der Waals surface area contributed by atoms with Crippen LogP contribution in [0.3, 0.4) is 0 Å². The monoisotopic (exact) mass is 359 g/mol. The molecule has 0 aliphatic carbocycles. The summed E-state index contributed by atoms with van der Waals surface area (Å²) in [5.74, 6) is -0.614. The molecule has 114 valence electrons. The van der Waals surface area contributed by atoms with Gasteiger partial charge in [0.25, 0.3) is 12.1 Å². The normalized spacial score (nSPS) is 27.5. The zero-order valence-electron chi connectivity index (χ0n) is 10.8. The molecule has 0 radical (unpaired) electrons. The van der Waals surface area contributed by atoms with Crippen LogP contribution in [-0.4, -0.2) is 41.0 Å². The van der Waals surface area contributed by atoms with E-state index in [1.807, 2.05) is 0 Å². The topological polar surface area (TPSA) is 145 Å². The first-order valence-electron chi connectivity index (χ1n) is 5.87. The SMILES string of the molecule is [Br-].[N-]=[N+]=N[C@H]1[C@@H](O)[C@H]([n+]2cccc(C(N)=O)c2)O[C@@H]1CO. The van der Waals surface area contributed by atoms with Gasteiger partial charge in [0.05, 0.1) is 12.7 Å². The first kappa shape index (κ1) is 17.3. The quantitative estimate of drug-likeness (QED) is 0.217. The van der Waals surface area contributed by atoms with E-state index >= 15 is 0 Å². The van der Waals surface area contributed by atoms with Crippen molar-refractivity contribution >= 4 is 5.91 Å². The molecule has 4 atom stereocenters. The maximum Gasteiger partial charge on any atom is 0.289 e. The number of aliphatic hydroxyl groups is 2. The van der Waals surface area contributed by atoms with Crippen LogP contribution >= 0.6 is 0 Å². The van der Waals surface area contributed by atoms with E-state index in [2.05, 4.69) is 10.0 Å². The average molecular weight is 360 g/mol. The lowest BCUT2D eigenvalue weighted by Gasteiger charge is -2.10. The van der Waals surface area contributed by atoms with Gasteiger partial charge in [0.1, 0.15) is 11.6 Å². The molecule has 1 aromatic rings. The third-order valence-corrected chi connectivity index (χ3v) is 3.10. The third kappa shape index (κ3) is 3.49. The number of carbonyl (C=O) groups excluding carboxylic acids is 1. The summed E-state index contributed by atoms with van der Waals surface area (Å²) in [4.78, 5) is 13.8. The van der Waals surface area contributed by atoms with E-state index in [-0.39, 0.29) is 22.5 Å². The maximum absolute atomic E-state index is 11.1. The molecule has 0 bridgehead atoms. The molecule has 1 aliphatic heterocycles. The molecular weight excluding hydrogens is 346 g/mol. The van der Waals surface area contributed by atoms with Crippen molar-refractivity contribution in [2.45, 2.75) is 24.5 Å². The van der Waals surface area contributed by atoms with Crippen molar-refractivity contribution in [1.82, 2.24) is 0 Å². The van der Waals surface area contributed by atoms with E-state index < -0.39 is 37.0 Å². The number of aromatic nitrogens is 1. The fraction of sp³-hybridized carbons (Fsp3) is 0.455. The summed E-state index contributed by atoms with van der Waals surface area (Å²) >= 11 is 0.